The molecule has 1 N–H and O–H groups in total. The minimum Gasteiger partial charge on any atom is -0.478 e. The smallest absolute Gasteiger partial charge is 0.293 e. The maximum atomic E-state index is 12.5. The van der Waals surface area contributed by atoms with Gasteiger partial charge in [-0.2, -0.15) is 0 Å². The van der Waals surface area contributed by atoms with E-state index < -0.39 is 16.4 Å². The molecule has 24 heavy (non-hydrogen) atoms. The summed E-state index contributed by atoms with van der Waals surface area (Å²) in [4.78, 5) is 23.1. The molecule has 0 unspecified atom stereocenters. The van der Waals surface area contributed by atoms with Gasteiger partial charge in [0.2, 0.25) is 0 Å². The zero-order chi connectivity index (χ0) is 17.9. The van der Waals surface area contributed by atoms with Crippen molar-refractivity contribution in [3.8, 4) is 5.75 Å². The SMILES string of the molecule is Cc1ccc(NC(=O)C(C)(C)Oc2ccc(Br)cc2)c([N+](=O)[O-])c1. The average molecular weight is 393 g/mol. The van der Waals surface area contributed by atoms with Gasteiger partial charge in [0.1, 0.15) is 11.4 Å². The van der Waals surface area contributed by atoms with Crippen molar-refractivity contribution in [3.63, 3.8) is 0 Å². The molecular weight excluding hydrogens is 376 g/mol. The lowest BCUT2D eigenvalue weighted by Gasteiger charge is -2.25. The summed E-state index contributed by atoms with van der Waals surface area (Å²) in [6.07, 6.45) is 0. The average Bonchev–Trinajstić information content (AvgIpc) is 2.50. The molecule has 2 rings (SSSR count). The first kappa shape index (κ1) is 17.9. The van der Waals surface area contributed by atoms with Crippen LogP contribution in [0.4, 0.5) is 11.4 Å². The lowest BCUT2D eigenvalue weighted by Crippen LogP contribution is -2.42. The molecule has 7 heteroatoms. The number of hydrogen-bond donors (Lipinski definition) is 1. The highest BCUT2D eigenvalue weighted by Crippen LogP contribution is 2.27. The molecule has 126 valence electrons. The number of carbonyl (C=O) groups excluding carboxylic acids is 1. The van der Waals surface area contributed by atoms with Gasteiger partial charge in [-0.3, -0.25) is 14.9 Å². The van der Waals surface area contributed by atoms with E-state index in [-0.39, 0.29) is 11.4 Å². The highest BCUT2D eigenvalue weighted by Gasteiger charge is 2.31. The maximum absolute atomic E-state index is 12.5. The highest BCUT2D eigenvalue weighted by molar-refractivity contribution is 9.10. The minimum atomic E-state index is -1.20. The van der Waals surface area contributed by atoms with Gasteiger partial charge in [-0.25, -0.2) is 0 Å². The molecule has 0 aliphatic carbocycles. The van der Waals surface area contributed by atoms with Crippen LogP contribution in [-0.4, -0.2) is 16.4 Å². The number of aryl methyl sites for hydroxylation is 1. The number of halogens is 1. The molecule has 0 fully saturated rings. The van der Waals surface area contributed by atoms with Crippen molar-refractivity contribution in [2.45, 2.75) is 26.4 Å². The van der Waals surface area contributed by atoms with Gasteiger partial charge >= 0.3 is 0 Å². The lowest BCUT2D eigenvalue weighted by molar-refractivity contribution is -0.384. The van der Waals surface area contributed by atoms with Crippen LogP contribution in [0.15, 0.2) is 46.9 Å². The number of nitrogens with one attached hydrogen (secondary N) is 1. The summed E-state index contributed by atoms with van der Waals surface area (Å²) in [7, 11) is 0. The van der Waals surface area contributed by atoms with E-state index in [1.165, 1.54) is 12.1 Å². The third-order valence-electron chi connectivity index (χ3n) is 3.33. The lowest BCUT2D eigenvalue weighted by atomic mass is 10.1. The van der Waals surface area contributed by atoms with Crippen LogP contribution in [0.3, 0.4) is 0 Å². The molecule has 0 radical (unpaired) electrons. The van der Waals surface area contributed by atoms with Gasteiger partial charge in [-0.05, 0) is 56.7 Å². The van der Waals surface area contributed by atoms with E-state index in [4.69, 9.17) is 4.74 Å². The van der Waals surface area contributed by atoms with Gasteiger partial charge in [0.05, 0.1) is 4.92 Å². The summed E-state index contributed by atoms with van der Waals surface area (Å²) in [5, 5.41) is 13.7. The normalized spacial score (nSPS) is 11.0. The fourth-order valence-electron chi connectivity index (χ4n) is 2.01. The van der Waals surface area contributed by atoms with Crippen LogP contribution in [0.5, 0.6) is 5.75 Å². The second-order valence-electron chi connectivity index (χ2n) is 5.80. The zero-order valence-electron chi connectivity index (χ0n) is 13.5. The van der Waals surface area contributed by atoms with Crippen LogP contribution in [0.25, 0.3) is 0 Å². The molecule has 2 aromatic carbocycles. The Morgan fingerprint density at radius 3 is 2.42 bits per heavy atom. The molecule has 0 spiro atoms. The van der Waals surface area contributed by atoms with E-state index in [0.29, 0.717) is 5.75 Å². The third-order valence-corrected chi connectivity index (χ3v) is 3.86. The molecule has 0 bridgehead atoms. The number of ether oxygens (including phenoxy) is 1. The predicted octanol–water partition coefficient (Wildman–Crippen LogP) is 4.46. The number of nitro groups is 1. The van der Waals surface area contributed by atoms with Crippen LogP contribution < -0.4 is 10.1 Å². The summed E-state index contributed by atoms with van der Waals surface area (Å²) >= 11 is 3.33. The van der Waals surface area contributed by atoms with Gasteiger partial charge in [0.15, 0.2) is 5.60 Å². The van der Waals surface area contributed by atoms with Gasteiger partial charge in [-0.15, -0.1) is 0 Å². The molecule has 0 aliphatic heterocycles. The van der Waals surface area contributed by atoms with Crippen molar-refractivity contribution in [2.75, 3.05) is 5.32 Å². The van der Waals surface area contributed by atoms with Crippen LogP contribution in [0, 0.1) is 17.0 Å². The van der Waals surface area contributed by atoms with Gasteiger partial charge in [-0.1, -0.05) is 22.0 Å². The third kappa shape index (κ3) is 4.32. The van der Waals surface area contributed by atoms with E-state index in [1.807, 2.05) is 0 Å². The Kier molecular flexibility index (Phi) is 5.23. The topological polar surface area (TPSA) is 81.5 Å². The van der Waals surface area contributed by atoms with Gasteiger partial charge in [0, 0.05) is 10.5 Å². The van der Waals surface area contributed by atoms with E-state index in [1.54, 1.807) is 51.1 Å². The molecule has 2 aromatic rings. The summed E-state index contributed by atoms with van der Waals surface area (Å²) in [6, 6.07) is 11.7. The standard InChI is InChI=1S/C17H17BrN2O4/c1-11-4-9-14(15(10-11)20(22)23)19-16(21)17(2,3)24-13-7-5-12(18)6-8-13/h4-10H,1-3H3,(H,19,21). The van der Waals surface area contributed by atoms with Crippen molar-refractivity contribution in [2.24, 2.45) is 0 Å². The fourth-order valence-corrected chi connectivity index (χ4v) is 2.28. The number of benzene rings is 2. The number of anilines is 1. The maximum Gasteiger partial charge on any atom is 0.293 e. The first-order chi connectivity index (χ1) is 11.2. The first-order valence-electron chi connectivity index (χ1n) is 7.20. The molecule has 6 nitrogen and oxygen atoms in total. The second-order valence-corrected chi connectivity index (χ2v) is 6.71. The number of nitro benzene ring substituents is 1. The quantitative estimate of drug-likeness (QED) is 0.601. The van der Waals surface area contributed by atoms with Crippen molar-refractivity contribution >= 4 is 33.2 Å². The molecule has 0 aliphatic rings. The summed E-state index contributed by atoms with van der Waals surface area (Å²) in [5.74, 6) is 0.0501. The van der Waals surface area contributed by atoms with Crippen LogP contribution >= 0.6 is 15.9 Å². The number of carbonyl (C=O) groups is 1. The Bertz CT molecular complexity index is 773. The molecule has 0 heterocycles. The van der Waals surface area contributed by atoms with Gasteiger partial charge in [0.25, 0.3) is 11.6 Å². The zero-order valence-corrected chi connectivity index (χ0v) is 15.1. The predicted molar refractivity (Wildman–Crippen MR) is 95.3 cm³/mol. The van der Waals surface area contributed by atoms with E-state index in [0.717, 1.165) is 10.0 Å². The highest BCUT2D eigenvalue weighted by atomic mass is 79.9. The molecule has 0 atom stereocenters. The number of rotatable bonds is 5. The molecule has 0 saturated heterocycles. The van der Waals surface area contributed by atoms with Gasteiger partial charge < -0.3 is 10.1 Å². The van der Waals surface area contributed by atoms with Crippen LogP contribution in [-0.2, 0) is 4.79 Å². The molecule has 0 saturated carbocycles. The Hall–Kier alpha value is -2.41. The fraction of sp³-hybridized carbons (Fsp3) is 0.235. The second kappa shape index (κ2) is 7.00. The Balaban J connectivity index is 2.19. The van der Waals surface area contributed by atoms with E-state index in [2.05, 4.69) is 21.2 Å². The van der Waals surface area contributed by atoms with Crippen LogP contribution in [0.2, 0.25) is 0 Å². The first-order valence-corrected chi connectivity index (χ1v) is 7.99. The Morgan fingerprint density at radius 1 is 1.21 bits per heavy atom. The summed E-state index contributed by atoms with van der Waals surface area (Å²) in [5.41, 5.74) is -0.469. The monoisotopic (exact) mass is 392 g/mol. The molecule has 1 amide bonds. The Labute approximate surface area is 148 Å². The van der Waals surface area contributed by atoms with Crippen molar-refractivity contribution in [1.29, 1.82) is 0 Å². The number of nitrogens with zero attached hydrogens (tertiary/aromatic N) is 1. The van der Waals surface area contributed by atoms with E-state index in [9.17, 15) is 14.9 Å². The largest absolute Gasteiger partial charge is 0.478 e. The minimum absolute atomic E-state index is 0.142. The molecular formula is C17H17BrN2O4. The summed E-state index contributed by atoms with van der Waals surface area (Å²) < 4.78 is 6.61. The van der Waals surface area contributed by atoms with Crippen molar-refractivity contribution in [3.05, 3.63) is 62.6 Å². The summed E-state index contributed by atoms with van der Waals surface area (Å²) in [6.45, 7) is 4.95. The van der Waals surface area contributed by atoms with Crippen LogP contribution in [0.1, 0.15) is 19.4 Å². The van der Waals surface area contributed by atoms with E-state index >= 15 is 0 Å². The Morgan fingerprint density at radius 2 is 1.83 bits per heavy atom. The van der Waals surface area contributed by atoms with Crippen molar-refractivity contribution < 1.29 is 14.5 Å². The van der Waals surface area contributed by atoms with Crippen molar-refractivity contribution in [1.82, 2.24) is 0 Å². The molecule has 0 aromatic heterocycles. The number of hydrogen-bond acceptors (Lipinski definition) is 4. The number of amides is 1.